The molecule has 1 aliphatic heterocycles. The fraction of sp³-hybridized carbons (Fsp3) is 0.500. The second kappa shape index (κ2) is 6.18. The van der Waals surface area contributed by atoms with Crippen molar-refractivity contribution in [3.63, 3.8) is 0 Å². The van der Waals surface area contributed by atoms with Crippen molar-refractivity contribution in [3.8, 4) is 0 Å². The van der Waals surface area contributed by atoms with Crippen molar-refractivity contribution in [3.05, 3.63) is 29.3 Å². The molecule has 2 rings (SSSR count). The molecule has 1 atom stereocenters. The summed E-state index contributed by atoms with van der Waals surface area (Å²) < 4.78 is 0. The van der Waals surface area contributed by atoms with Crippen LogP contribution in [0.2, 0.25) is 0 Å². The van der Waals surface area contributed by atoms with Crippen LogP contribution in [0.5, 0.6) is 0 Å². The third-order valence-electron chi connectivity index (χ3n) is 3.93. The summed E-state index contributed by atoms with van der Waals surface area (Å²) in [5.74, 6) is -0.200. The van der Waals surface area contributed by atoms with Crippen molar-refractivity contribution in [2.45, 2.75) is 39.2 Å². The number of benzene rings is 1. The Balaban J connectivity index is 2.39. The van der Waals surface area contributed by atoms with E-state index >= 15 is 0 Å². The maximum absolute atomic E-state index is 11.7. The molecule has 1 saturated heterocycles. The minimum atomic E-state index is -0.102. The van der Waals surface area contributed by atoms with Crippen LogP contribution in [0, 0.1) is 0 Å². The molecule has 0 radical (unpaired) electrons. The molecule has 0 aliphatic carbocycles. The van der Waals surface area contributed by atoms with Crippen LogP contribution in [0.1, 0.15) is 53.8 Å². The standard InChI is InChI=1S/C16H21NO3/c1-11(19)15-7-6-13(9-16(15)12(2)20)17-8-4-3-5-14(17)10-18/h6-7,9,14,18H,3-5,8,10H2,1-2H3. The molecule has 1 aromatic carbocycles. The van der Waals surface area contributed by atoms with Crippen LogP contribution in [-0.2, 0) is 0 Å². The lowest BCUT2D eigenvalue weighted by Crippen LogP contribution is -2.42. The Morgan fingerprint density at radius 1 is 1.20 bits per heavy atom. The van der Waals surface area contributed by atoms with Gasteiger partial charge in [-0.2, -0.15) is 0 Å². The summed E-state index contributed by atoms with van der Waals surface area (Å²) in [5.41, 5.74) is 1.86. The molecule has 20 heavy (non-hydrogen) atoms. The first kappa shape index (κ1) is 14.7. The molecule has 1 aromatic rings. The van der Waals surface area contributed by atoms with E-state index in [1.807, 2.05) is 6.07 Å². The van der Waals surface area contributed by atoms with Crippen LogP contribution in [0.25, 0.3) is 0 Å². The molecule has 1 aliphatic rings. The first-order valence-corrected chi connectivity index (χ1v) is 7.08. The smallest absolute Gasteiger partial charge is 0.160 e. The zero-order valence-electron chi connectivity index (χ0n) is 12.1. The predicted molar refractivity (Wildman–Crippen MR) is 78.5 cm³/mol. The monoisotopic (exact) mass is 275 g/mol. The molecule has 1 heterocycles. The van der Waals surface area contributed by atoms with Gasteiger partial charge in [0.2, 0.25) is 0 Å². The van der Waals surface area contributed by atoms with Gasteiger partial charge in [-0.05, 0) is 51.3 Å². The van der Waals surface area contributed by atoms with E-state index in [0.717, 1.165) is 31.5 Å². The fourth-order valence-corrected chi connectivity index (χ4v) is 2.84. The van der Waals surface area contributed by atoms with Gasteiger partial charge in [-0.15, -0.1) is 0 Å². The number of carbonyl (C=O) groups excluding carboxylic acids is 2. The van der Waals surface area contributed by atoms with Gasteiger partial charge >= 0.3 is 0 Å². The maximum Gasteiger partial charge on any atom is 0.160 e. The van der Waals surface area contributed by atoms with Crippen molar-refractivity contribution in [2.75, 3.05) is 18.1 Å². The molecule has 0 bridgehead atoms. The van der Waals surface area contributed by atoms with Gasteiger partial charge in [0.25, 0.3) is 0 Å². The number of nitrogens with zero attached hydrogens (tertiary/aromatic N) is 1. The Morgan fingerprint density at radius 3 is 2.50 bits per heavy atom. The number of Topliss-reactive ketones (excluding diaryl/α,β-unsaturated/α-hetero) is 2. The van der Waals surface area contributed by atoms with Crippen LogP contribution in [0.3, 0.4) is 0 Å². The maximum atomic E-state index is 11.7. The van der Waals surface area contributed by atoms with E-state index < -0.39 is 0 Å². The van der Waals surface area contributed by atoms with Crippen LogP contribution < -0.4 is 4.90 Å². The van der Waals surface area contributed by atoms with Gasteiger partial charge < -0.3 is 10.0 Å². The molecule has 4 heteroatoms. The highest BCUT2D eigenvalue weighted by Gasteiger charge is 2.23. The number of aliphatic hydroxyl groups is 1. The van der Waals surface area contributed by atoms with Crippen molar-refractivity contribution >= 4 is 17.3 Å². The number of ketones is 2. The van der Waals surface area contributed by atoms with E-state index in [1.165, 1.54) is 13.8 Å². The normalized spacial score (nSPS) is 18.9. The van der Waals surface area contributed by atoms with Gasteiger partial charge in [0.15, 0.2) is 11.6 Å². The quantitative estimate of drug-likeness (QED) is 0.857. The highest BCUT2D eigenvalue weighted by molar-refractivity contribution is 6.07. The highest BCUT2D eigenvalue weighted by Crippen LogP contribution is 2.27. The van der Waals surface area contributed by atoms with Crippen LogP contribution in [-0.4, -0.2) is 35.9 Å². The van der Waals surface area contributed by atoms with Crippen molar-refractivity contribution in [1.82, 2.24) is 0 Å². The Hall–Kier alpha value is -1.68. The number of anilines is 1. The van der Waals surface area contributed by atoms with Gasteiger partial charge in [-0.1, -0.05) is 0 Å². The van der Waals surface area contributed by atoms with Crippen molar-refractivity contribution in [1.29, 1.82) is 0 Å². The second-order valence-electron chi connectivity index (χ2n) is 5.37. The first-order valence-electron chi connectivity index (χ1n) is 7.08. The summed E-state index contributed by atoms with van der Waals surface area (Å²) in [7, 11) is 0. The summed E-state index contributed by atoms with van der Waals surface area (Å²) >= 11 is 0. The van der Waals surface area contributed by atoms with Crippen LogP contribution >= 0.6 is 0 Å². The Morgan fingerprint density at radius 2 is 1.90 bits per heavy atom. The summed E-state index contributed by atoms with van der Waals surface area (Å²) in [4.78, 5) is 25.4. The largest absolute Gasteiger partial charge is 0.394 e. The summed E-state index contributed by atoms with van der Waals surface area (Å²) in [6, 6.07) is 5.48. The summed E-state index contributed by atoms with van der Waals surface area (Å²) in [6.07, 6.45) is 3.16. The number of rotatable bonds is 4. The fourth-order valence-electron chi connectivity index (χ4n) is 2.84. The van der Waals surface area contributed by atoms with Crippen LogP contribution in [0.4, 0.5) is 5.69 Å². The third-order valence-corrected chi connectivity index (χ3v) is 3.93. The van der Waals surface area contributed by atoms with Crippen molar-refractivity contribution in [2.24, 2.45) is 0 Å². The highest BCUT2D eigenvalue weighted by atomic mass is 16.3. The molecular formula is C16H21NO3. The number of hydrogen-bond acceptors (Lipinski definition) is 4. The topological polar surface area (TPSA) is 57.6 Å². The van der Waals surface area contributed by atoms with E-state index in [1.54, 1.807) is 12.1 Å². The van der Waals surface area contributed by atoms with Gasteiger partial charge in [0.05, 0.1) is 12.6 Å². The lowest BCUT2D eigenvalue weighted by atomic mass is 9.97. The van der Waals surface area contributed by atoms with E-state index in [4.69, 9.17) is 0 Å². The third kappa shape index (κ3) is 2.90. The average Bonchev–Trinajstić information content (AvgIpc) is 2.46. The Labute approximate surface area is 119 Å². The Bertz CT molecular complexity index is 524. The average molecular weight is 275 g/mol. The SMILES string of the molecule is CC(=O)c1ccc(N2CCCCC2CO)cc1C(C)=O. The van der Waals surface area contributed by atoms with Gasteiger partial charge in [0.1, 0.15) is 0 Å². The summed E-state index contributed by atoms with van der Waals surface area (Å²) in [6.45, 7) is 3.94. The molecule has 0 saturated carbocycles. The molecule has 1 N–H and O–H groups in total. The minimum absolute atomic E-state index is 0.0981. The van der Waals surface area contributed by atoms with Crippen molar-refractivity contribution < 1.29 is 14.7 Å². The first-order chi connectivity index (χ1) is 9.54. The lowest BCUT2D eigenvalue weighted by Gasteiger charge is -2.36. The second-order valence-corrected chi connectivity index (χ2v) is 5.37. The van der Waals surface area contributed by atoms with Crippen LogP contribution in [0.15, 0.2) is 18.2 Å². The minimum Gasteiger partial charge on any atom is -0.394 e. The molecule has 0 spiro atoms. The number of hydrogen-bond donors (Lipinski definition) is 1. The van der Waals surface area contributed by atoms with Gasteiger partial charge in [-0.25, -0.2) is 0 Å². The molecule has 0 aromatic heterocycles. The summed E-state index contributed by atoms with van der Waals surface area (Å²) in [5, 5.41) is 9.48. The van der Waals surface area contributed by atoms with E-state index in [9.17, 15) is 14.7 Å². The number of aliphatic hydroxyl groups excluding tert-OH is 1. The number of piperidine rings is 1. The van der Waals surface area contributed by atoms with E-state index in [0.29, 0.717) is 11.1 Å². The van der Waals surface area contributed by atoms with Gasteiger partial charge in [-0.3, -0.25) is 9.59 Å². The lowest BCUT2D eigenvalue weighted by molar-refractivity contribution is 0.0981. The number of carbonyl (C=O) groups is 2. The molecule has 4 nitrogen and oxygen atoms in total. The molecular weight excluding hydrogens is 254 g/mol. The van der Waals surface area contributed by atoms with E-state index in [-0.39, 0.29) is 24.2 Å². The van der Waals surface area contributed by atoms with Gasteiger partial charge in [0, 0.05) is 23.4 Å². The molecule has 108 valence electrons. The molecule has 1 fully saturated rings. The zero-order chi connectivity index (χ0) is 14.7. The van der Waals surface area contributed by atoms with E-state index in [2.05, 4.69) is 4.90 Å². The zero-order valence-corrected chi connectivity index (χ0v) is 12.1. The predicted octanol–water partition coefficient (Wildman–Crippen LogP) is 2.44. The molecule has 0 amide bonds. The Kier molecular flexibility index (Phi) is 4.55. The molecule has 1 unspecified atom stereocenters.